The molecule has 0 aliphatic carbocycles. The first-order chi connectivity index (χ1) is 9.13. The molecule has 2 unspecified atom stereocenters. The summed E-state index contributed by atoms with van der Waals surface area (Å²) in [5, 5.41) is 3.35. The van der Waals surface area contributed by atoms with Crippen LogP contribution in [0, 0.1) is 12.8 Å². The summed E-state index contributed by atoms with van der Waals surface area (Å²) in [5.74, 6) is 0.589. The molecule has 2 heterocycles. The van der Waals surface area contributed by atoms with Gasteiger partial charge in [0.1, 0.15) is 5.01 Å². The number of aromatic nitrogens is 1. The first-order valence-corrected chi connectivity index (χ1v) is 7.66. The number of likely N-dealkylation sites (tertiary alicyclic amines) is 1. The van der Waals surface area contributed by atoms with Crippen molar-refractivity contribution in [2.24, 2.45) is 5.92 Å². The summed E-state index contributed by atoms with van der Waals surface area (Å²) in [6.45, 7) is 6.69. The number of aryl methyl sites for hydroxylation is 1. The van der Waals surface area contributed by atoms with Crippen molar-refractivity contribution in [3.63, 3.8) is 0 Å². The van der Waals surface area contributed by atoms with Gasteiger partial charge in [0.15, 0.2) is 0 Å². The van der Waals surface area contributed by atoms with Gasteiger partial charge >= 0.3 is 0 Å². The first-order valence-electron chi connectivity index (χ1n) is 6.78. The largest absolute Gasteiger partial charge is 0.305 e. The van der Waals surface area contributed by atoms with Crippen molar-refractivity contribution in [3.05, 3.63) is 52.0 Å². The second kappa shape index (κ2) is 4.73. The highest BCUT2D eigenvalue weighted by atomic mass is 32.1. The average molecular weight is 272 g/mol. The number of likely N-dealkylation sites (N-methyl/N-ethyl adjacent to an activating group) is 1. The average Bonchev–Trinajstić information content (AvgIpc) is 2.99. The van der Waals surface area contributed by atoms with E-state index in [1.54, 1.807) is 11.3 Å². The van der Waals surface area contributed by atoms with Gasteiger partial charge in [-0.3, -0.25) is 0 Å². The van der Waals surface area contributed by atoms with E-state index in [1.807, 2.05) is 6.20 Å². The predicted octanol–water partition coefficient (Wildman–Crippen LogP) is 3.32. The number of thiazole rings is 1. The fourth-order valence-corrected chi connectivity index (χ4v) is 4.31. The summed E-state index contributed by atoms with van der Waals surface area (Å²) in [6.07, 6.45) is 1.93. The summed E-state index contributed by atoms with van der Waals surface area (Å²) in [5.41, 5.74) is 2.79. The lowest BCUT2D eigenvalue weighted by Gasteiger charge is -2.32. The lowest BCUT2D eigenvalue weighted by atomic mass is 9.73. The topological polar surface area (TPSA) is 16.1 Å². The minimum absolute atomic E-state index is 0.0661. The highest BCUT2D eigenvalue weighted by Gasteiger charge is 2.47. The zero-order chi connectivity index (χ0) is 13.5. The van der Waals surface area contributed by atoms with Crippen LogP contribution in [0.3, 0.4) is 0 Å². The minimum Gasteiger partial charge on any atom is -0.305 e. The number of hydrogen-bond acceptors (Lipinski definition) is 3. The monoisotopic (exact) mass is 272 g/mol. The van der Waals surface area contributed by atoms with Gasteiger partial charge in [-0.1, -0.05) is 36.8 Å². The van der Waals surface area contributed by atoms with Gasteiger partial charge in [-0.15, -0.1) is 11.3 Å². The molecule has 0 N–H and O–H groups in total. The summed E-state index contributed by atoms with van der Waals surface area (Å²) >= 11 is 1.79. The molecule has 1 aromatic carbocycles. The highest BCUT2D eigenvalue weighted by molar-refractivity contribution is 7.09. The number of hydrogen-bond donors (Lipinski definition) is 0. The molecule has 1 aliphatic rings. The van der Waals surface area contributed by atoms with Crippen molar-refractivity contribution in [2.75, 3.05) is 20.1 Å². The molecule has 3 rings (SSSR count). The standard InChI is InChI=1S/C16H20N2S/c1-12-4-6-14(7-5-12)16(15-17-8-9-19-15)11-18(3)10-13(16)2/h4-9,13H,10-11H2,1-3H3. The SMILES string of the molecule is Cc1ccc(C2(c3nccs3)CN(C)CC2C)cc1. The third kappa shape index (κ3) is 2.01. The van der Waals surface area contributed by atoms with E-state index in [2.05, 4.69) is 60.4 Å². The summed E-state index contributed by atoms with van der Waals surface area (Å²) < 4.78 is 0. The second-order valence-corrected chi connectivity index (χ2v) is 6.67. The Morgan fingerprint density at radius 2 is 2.05 bits per heavy atom. The zero-order valence-electron chi connectivity index (χ0n) is 11.8. The van der Waals surface area contributed by atoms with Gasteiger partial charge in [0.2, 0.25) is 0 Å². The summed E-state index contributed by atoms with van der Waals surface area (Å²) in [6, 6.07) is 9.00. The van der Waals surface area contributed by atoms with Gasteiger partial charge < -0.3 is 4.90 Å². The van der Waals surface area contributed by atoms with Gasteiger partial charge in [-0.25, -0.2) is 4.98 Å². The van der Waals surface area contributed by atoms with Crippen molar-refractivity contribution in [3.8, 4) is 0 Å². The molecule has 0 radical (unpaired) electrons. The van der Waals surface area contributed by atoms with Crippen LogP contribution in [-0.2, 0) is 5.41 Å². The summed E-state index contributed by atoms with van der Waals surface area (Å²) in [4.78, 5) is 7.07. The van der Waals surface area contributed by atoms with Crippen LogP contribution in [0.2, 0.25) is 0 Å². The van der Waals surface area contributed by atoms with Crippen LogP contribution >= 0.6 is 11.3 Å². The van der Waals surface area contributed by atoms with E-state index in [-0.39, 0.29) is 5.41 Å². The van der Waals surface area contributed by atoms with Crippen molar-refractivity contribution in [1.82, 2.24) is 9.88 Å². The maximum atomic E-state index is 4.65. The molecule has 3 heteroatoms. The Morgan fingerprint density at radius 1 is 1.32 bits per heavy atom. The molecule has 1 saturated heterocycles. The van der Waals surface area contributed by atoms with E-state index in [9.17, 15) is 0 Å². The van der Waals surface area contributed by atoms with E-state index in [1.165, 1.54) is 16.1 Å². The molecule has 0 amide bonds. The van der Waals surface area contributed by atoms with E-state index >= 15 is 0 Å². The minimum atomic E-state index is 0.0661. The summed E-state index contributed by atoms with van der Waals surface area (Å²) in [7, 11) is 2.21. The third-order valence-electron chi connectivity index (χ3n) is 4.33. The number of rotatable bonds is 2. The Balaban J connectivity index is 2.15. The zero-order valence-corrected chi connectivity index (χ0v) is 12.6. The molecular formula is C16H20N2S. The van der Waals surface area contributed by atoms with Crippen molar-refractivity contribution in [2.45, 2.75) is 19.3 Å². The Hall–Kier alpha value is -1.19. The van der Waals surface area contributed by atoms with E-state index < -0.39 is 0 Å². The van der Waals surface area contributed by atoms with Crippen LogP contribution < -0.4 is 0 Å². The van der Waals surface area contributed by atoms with Gasteiger partial charge in [-0.2, -0.15) is 0 Å². The Bertz CT molecular complexity index is 547. The van der Waals surface area contributed by atoms with E-state index in [0.29, 0.717) is 5.92 Å². The molecule has 2 aromatic rings. The second-order valence-electron chi connectivity index (χ2n) is 5.77. The smallest absolute Gasteiger partial charge is 0.105 e. The molecule has 100 valence electrons. The fraction of sp³-hybridized carbons (Fsp3) is 0.438. The van der Waals surface area contributed by atoms with Gasteiger partial charge in [0.25, 0.3) is 0 Å². The maximum absolute atomic E-state index is 4.65. The highest BCUT2D eigenvalue weighted by Crippen LogP contribution is 2.44. The normalized spacial score (nSPS) is 27.8. The van der Waals surface area contributed by atoms with Gasteiger partial charge in [0.05, 0.1) is 5.41 Å². The molecule has 19 heavy (non-hydrogen) atoms. The van der Waals surface area contributed by atoms with Crippen LogP contribution in [-0.4, -0.2) is 30.0 Å². The van der Waals surface area contributed by atoms with Crippen LogP contribution in [0.25, 0.3) is 0 Å². The Morgan fingerprint density at radius 3 is 2.58 bits per heavy atom. The molecule has 0 bridgehead atoms. The lowest BCUT2D eigenvalue weighted by molar-refractivity contribution is 0.391. The van der Waals surface area contributed by atoms with Crippen molar-refractivity contribution in [1.29, 1.82) is 0 Å². The van der Waals surface area contributed by atoms with Crippen LogP contribution in [0.15, 0.2) is 35.8 Å². The third-order valence-corrected chi connectivity index (χ3v) is 5.28. The number of benzene rings is 1. The van der Waals surface area contributed by atoms with Crippen LogP contribution in [0.4, 0.5) is 0 Å². The molecule has 0 saturated carbocycles. The Labute approximate surface area is 119 Å². The quantitative estimate of drug-likeness (QED) is 0.833. The molecule has 2 nitrogen and oxygen atoms in total. The maximum Gasteiger partial charge on any atom is 0.105 e. The van der Waals surface area contributed by atoms with E-state index in [0.717, 1.165) is 13.1 Å². The molecule has 1 aliphatic heterocycles. The van der Waals surface area contributed by atoms with E-state index in [4.69, 9.17) is 0 Å². The van der Waals surface area contributed by atoms with Crippen molar-refractivity contribution >= 4 is 11.3 Å². The van der Waals surface area contributed by atoms with Crippen LogP contribution in [0.5, 0.6) is 0 Å². The molecule has 0 spiro atoms. The van der Waals surface area contributed by atoms with Crippen LogP contribution in [0.1, 0.15) is 23.1 Å². The molecular weight excluding hydrogens is 252 g/mol. The molecule has 2 atom stereocenters. The fourth-order valence-electron chi connectivity index (χ4n) is 3.34. The van der Waals surface area contributed by atoms with Gasteiger partial charge in [-0.05, 0) is 25.5 Å². The molecule has 1 aromatic heterocycles. The van der Waals surface area contributed by atoms with Crippen molar-refractivity contribution < 1.29 is 0 Å². The molecule has 1 fully saturated rings. The first kappa shape index (κ1) is 12.8. The Kier molecular flexibility index (Phi) is 3.19. The van der Waals surface area contributed by atoms with Gasteiger partial charge in [0, 0.05) is 24.7 Å². The predicted molar refractivity (Wildman–Crippen MR) is 80.7 cm³/mol. The number of nitrogens with zero attached hydrogens (tertiary/aromatic N) is 2. The lowest BCUT2D eigenvalue weighted by Crippen LogP contribution is -2.35.